The Balaban J connectivity index is 1.38. The first kappa shape index (κ1) is 23.6. The van der Waals surface area contributed by atoms with Crippen LogP contribution in [-0.2, 0) is 13.1 Å². The molecule has 34 heavy (non-hydrogen) atoms. The van der Waals surface area contributed by atoms with Crippen LogP contribution in [0, 0.1) is 6.92 Å². The Hall–Kier alpha value is -3.60. The second kappa shape index (κ2) is 11.0. The van der Waals surface area contributed by atoms with Crippen molar-refractivity contribution in [2.75, 3.05) is 6.61 Å². The van der Waals surface area contributed by atoms with E-state index in [-0.39, 0.29) is 5.91 Å². The number of hydrogen-bond donors (Lipinski definition) is 1. The van der Waals surface area contributed by atoms with E-state index in [1.807, 2.05) is 61.5 Å². The third-order valence-electron chi connectivity index (χ3n) is 6.00. The lowest BCUT2D eigenvalue weighted by Crippen LogP contribution is -2.25. The Morgan fingerprint density at radius 1 is 1.00 bits per heavy atom. The van der Waals surface area contributed by atoms with Crippen molar-refractivity contribution in [3.8, 4) is 5.75 Å². The van der Waals surface area contributed by atoms with Gasteiger partial charge in [0.2, 0.25) is 0 Å². The molecule has 0 aliphatic rings. The van der Waals surface area contributed by atoms with E-state index in [1.54, 1.807) is 0 Å². The second-order valence-electron chi connectivity index (χ2n) is 8.97. The highest BCUT2D eigenvalue weighted by atomic mass is 16.5. The van der Waals surface area contributed by atoms with Crippen molar-refractivity contribution in [2.24, 2.45) is 0 Å². The van der Waals surface area contributed by atoms with Crippen molar-refractivity contribution in [3.63, 3.8) is 0 Å². The molecule has 0 spiro atoms. The first-order chi connectivity index (χ1) is 16.5. The SMILES string of the molecule is Cc1cccc(C(=O)NCc2nc3ccccc3n2CCCCOc2ccccc2C(C)C)c1. The molecule has 0 aliphatic carbocycles. The van der Waals surface area contributed by atoms with E-state index in [0.29, 0.717) is 24.6 Å². The van der Waals surface area contributed by atoms with Gasteiger partial charge in [-0.3, -0.25) is 4.79 Å². The van der Waals surface area contributed by atoms with Crippen LogP contribution in [0.3, 0.4) is 0 Å². The molecule has 5 heteroatoms. The third kappa shape index (κ3) is 5.66. The summed E-state index contributed by atoms with van der Waals surface area (Å²) in [7, 11) is 0. The largest absolute Gasteiger partial charge is 0.493 e. The fraction of sp³-hybridized carbons (Fsp3) is 0.310. The van der Waals surface area contributed by atoms with E-state index in [4.69, 9.17) is 9.72 Å². The Labute approximate surface area is 201 Å². The molecule has 0 saturated heterocycles. The molecule has 0 aliphatic heterocycles. The van der Waals surface area contributed by atoms with Gasteiger partial charge in [-0.1, -0.05) is 61.9 Å². The lowest BCUT2D eigenvalue weighted by molar-refractivity contribution is 0.0949. The quantitative estimate of drug-likeness (QED) is 0.287. The maximum absolute atomic E-state index is 12.6. The standard InChI is InChI=1S/C29H33N3O2/c1-21(2)24-13-4-7-16-27(24)34-18-9-8-17-32-26-15-6-5-14-25(26)31-28(32)20-30-29(33)23-12-10-11-22(3)19-23/h4-7,10-16,19,21H,8-9,17-18,20H2,1-3H3,(H,30,33). The van der Waals surface area contributed by atoms with Crippen LogP contribution in [-0.4, -0.2) is 22.1 Å². The van der Waals surface area contributed by atoms with Crippen molar-refractivity contribution in [2.45, 2.75) is 52.6 Å². The number of aryl methyl sites for hydroxylation is 2. The zero-order valence-corrected chi connectivity index (χ0v) is 20.3. The first-order valence-electron chi connectivity index (χ1n) is 12.0. The summed E-state index contributed by atoms with van der Waals surface area (Å²) in [5.74, 6) is 2.20. The number of nitrogens with one attached hydrogen (secondary N) is 1. The Morgan fingerprint density at radius 3 is 2.62 bits per heavy atom. The van der Waals surface area contributed by atoms with Crippen molar-refractivity contribution in [3.05, 3.63) is 95.3 Å². The summed E-state index contributed by atoms with van der Waals surface area (Å²) < 4.78 is 8.31. The molecule has 1 N–H and O–H groups in total. The fourth-order valence-electron chi connectivity index (χ4n) is 4.20. The molecule has 0 radical (unpaired) electrons. The highest BCUT2D eigenvalue weighted by Crippen LogP contribution is 2.26. The minimum Gasteiger partial charge on any atom is -0.493 e. The molecule has 0 bridgehead atoms. The summed E-state index contributed by atoms with van der Waals surface area (Å²) in [6, 6.07) is 24.0. The summed E-state index contributed by atoms with van der Waals surface area (Å²) in [6.07, 6.45) is 1.90. The number of benzene rings is 3. The van der Waals surface area contributed by atoms with Crippen molar-refractivity contribution < 1.29 is 9.53 Å². The molecule has 4 rings (SSSR count). The van der Waals surface area contributed by atoms with Crippen LogP contribution in [0.2, 0.25) is 0 Å². The number of imidazole rings is 1. The average Bonchev–Trinajstić information content (AvgIpc) is 3.20. The van der Waals surface area contributed by atoms with Crippen molar-refractivity contribution in [1.29, 1.82) is 0 Å². The van der Waals surface area contributed by atoms with Crippen LogP contribution in [0.1, 0.15) is 59.9 Å². The maximum Gasteiger partial charge on any atom is 0.251 e. The van der Waals surface area contributed by atoms with E-state index in [2.05, 4.69) is 41.9 Å². The molecule has 0 atom stereocenters. The Kier molecular flexibility index (Phi) is 7.63. The summed E-state index contributed by atoms with van der Waals surface area (Å²) >= 11 is 0. The number of amides is 1. The molecule has 5 nitrogen and oxygen atoms in total. The number of fused-ring (bicyclic) bond motifs is 1. The number of rotatable bonds is 10. The number of carbonyl (C=O) groups is 1. The molecule has 176 valence electrons. The molecule has 1 heterocycles. The molecular formula is C29H33N3O2. The van der Waals surface area contributed by atoms with E-state index < -0.39 is 0 Å². The van der Waals surface area contributed by atoms with Gasteiger partial charge in [0.25, 0.3) is 5.91 Å². The highest BCUT2D eigenvalue weighted by molar-refractivity contribution is 5.94. The van der Waals surface area contributed by atoms with Gasteiger partial charge in [-0.25, -0.2) is 4.98 Å². The number of unbranched alkanes of at least 4 members (excludes halogenated alkanes) is 1. The van der Waals surface area contributed by atoms with Crippen LogP contribution in [0.4, 0.5) is 0 Å². The summed E-state index contributed by atoms with van der Waals surface area (Å²) in [5, 5.41) is 3.04. The van der Waals surface area contributed by atoms with E-state index in [0.717, 1.165) is 47.6 Å². The topological polar surface area (TPSA) is 56.2 Å². The van der Waals surface area contributed by atoms with Gasteiger partial charge in [-0.15, -0.1) is 0 Å². The highest BCUT2D eigenvalue weighted by Gasteiger charge is 2.13. The number of hydrogen-bond acceptors (Lipinski definition) is 3. The van der Waals surface area contributed by atoms with Crippen LogP contribution >= 0.6 is 0 Å². The lowest BCUT2D eigenvalue weighted by atomic mass is 10.0. The molecule has 0 unspecified atom stereocenters. The zero-order valence-electron chi connectivity index (χ0n) is 20.3. The molecule has 0 saturated carbocycles. The number of aromatic nitrogens is 2. The Bertz CT molecular complexity index is 1260. The number of ether oxygens (including phenoxy) is 1. The predicted octanol–water partition coefficient (Wildman–Crippen LogP) is 6.26. The van der Waals surface area contributed by atoms with Gasteiger partial charge in [0.15, 0.2) is 0 Å². The van der Waals surface area contributed by atoms with E-state index >= 15 is 0 Å². The lowest BCUT2D eigenvalue weighted by Gasteiger charge is -2.14. The Morgan fingerprint density at radius 2 is 1.79 bits per heavy atom. The van der Waals surface area contributed by atoms with Gasteiger partial charge in [0.05, 0.1) is 24.2 Å². The number of carbonyl (C=O) groups excluding carboxylic acids is 1. The van der Waals surface area contributed by atoms with Crippen molar-refractivity contribution in [1.82, 2.24) is 14.9 Å². The molecule has 1 amide bonds. The van der Waals surface area contributed by atoms with Gasteiger partial charge in [-0.05, 0) is 61.6 Å². The molecule has 1 aromatic heterocycles. The van der Waals surface area contributed by atoms with Gasteiger partial charge in [-0.2, -0.15) is 0 Å². The minimum atomic E-state index is -0.0838. The molecule has 3 aromatic carbocycles. The van der Waals surface area contributed by atoms with Crippen LogP contribution in [0.5, 0.6) is 5.75 Å². The number of para-hydroxylation sites is 3. The van der Waals surface area contributed by atoms with E-state index in [1.165, 1.54) is 5.56 Å². The first-order valence-corrected chi connectivity index (χ1v) is 12.0. The summed E-state index contributed by atoms with van der Waals surface area (Å²) in [4.78, 5) is 17.4. The third-order valence-corrected chi connectivity index (χ3v) is 6.00. The fourth-order valence-corrected chi connectivity index (χ4v) is 4.20. The van der Waals surface area contributed by atoms with Gasteiger partial charge < -0.3 is 14.6 Å². The maximum atomic E-state index is 12.6. The van der Waals surface area contributed by atoms with Gasteiger partial charge in [0.1, 0.15) is 11.6 Å². The van der Waals surface area contributed by atoms with Crippen LogP contribution in [0.25, 0.3) is 11.0 Å². The monoisotopic (exact) mass is 455 g/mol. The normalized spacial score (nSPS) is 11.2. The van der Waals surface area contributed by atoms with E-state index in [9.17, 15) is 4.79 Å². The van der Waals surface area contributed by atoms with Crippen molar-refractivity contribution >= 4 is 16.9 Å². The average molecular weight is 456 g/mol. The number of nitrogens with zero attached hydrogens (tertiary/aromatic N) is 2. The van der Waals surface area contributed by atoms with Crippen LogP contribution in [0.15, 0.2) is 72.8 Å². The van der Waals surface area contributed by atoms with Crippen LogP contribution < -0.4 is 10.1 Å². The second-order valence-corrected chi connectivity index (χ2v) is 8.97. The minimum absolute atomic E-state index is 0.0838. The summed E-state index contributed by atoms with van der Waals surface area (Å²) in [6.45, 7) is 8.25. The molecular weight excluding hydrogens is 422 g/mol. The van der Waals surface area contributed by atoms with Gasteiger partial charge in [0, 0.05) is 12.1 Å². The molecule has 4 aromatic rings. The molecule has 0 fully saturated rings. The zero-order chi connectivity index (χ0) is 23.9. The summed E-state index contributed by atoms with van der Waals surface area (Å²) in [5.41, 5.74) is 5.02. The predicted molar refractivity (Wildman–Crippen MR) is 137 cm³/mol. The smallest absolute Gasteiger partial charge is 0.251 e. The van der Waals surface area contributed by atoms with Gasteiger partial charge >= 0.3 is 0 Å².